The SMILES string of the molecule is Cc1cc(C)c(OC2(C(=O)O)CCCC2)c(C)c1. The van der Waals surface area contributed by atoms with E-state index in [9.17, 15) is 9.90 Å². The quantitative estimate of drug-likeness (QED) is 0.891. The van der Waals surface area contributed by atoms with Gasteiger partial charge in [-0.05, 0) is 57.6 Å². The van der Waals surface area contributed by atoms with E-state index in [4.69, 9.17) is 4.74 Å². The highest BCUT2D eigenvalue weighted by atomic mass is 16.5. The predicted octanol–water partition coefficient (Wildman–Crippen LogP) is 3.39. The second kappa shape index (κ2) is 4.63. The smallest absolute Gasteiger partial charge is 0.348 e. The number of rotatable bonds is 3. The zero-order valence-electron chi connectivity index (χ0n) is 11.2. The zero-order chi connectivity index (χ0) is 13.3. The van der Waals surface area contributed by atoms with E-state index in [-0.39, 0.29) is 0 Å². The molecule has 0 aliphatic heterocycles. The van der Waals surface area contributed by atoms with E-state index >= 15 is 0 Å². The number of hydrogen-bond acceptors (Lipinski definition) is 2. The molecule has 1 aliphatic rings. The minimum Gasteiger partial charge on any atom is -0.478 e. The molecule has 0 spiro atoms. The number of aliphatic carboxylic acids is 1. The Morgan fingerprint density at radius 2 is 1.67 bits per heavy atom. The molecule has 0 radical (unpaired) electrons. The number of hydrogen-bond donors (Lipinski definition) is 1. The average Bonchev–Trinajstić information content (AvgIpc) is 2.73. The van der Waals surface area contributed by atoms with Crippen LogP contribution in [0.4, 0.5) is 0 Å². The van der Waals surface area contributed by atoms with Crippen molar-refractivity contribution in [3.8, 4) is 5.75 Å². The maximum Gasteiger partial charge on any atom is 0.348 e. The molecule has 2 rings (SSSR count). The van der Waals surface area contributed by atoms with E-state index in [0.717, 1.165) is 29.7 Å². The Kier molecular flexibility index (Phi) is 3.33. The highest BCUT2D eigenvalue weighted by molar-refractivity contribution is 5.78. The van der Waals surface area contributed by atoms with Gasteiger partial charge in [0.15, 0.2) is 0 Å². The lowest BCUT2D eigenvalue weighted by Crippen LogP contribution is -2.42. The largest absolute Gasteiger partial charge is 0.478 e. The van der Waals surface area contributed by atoms with Crippen LogP contribution in [0.3, 0.4) is 0 Å². The molecule has 0 unspecified atom stereocenters. The number of carboxylic acids is 1. The summed E-state index contributed by atoms with van der Waals surface area (Å²) < 4.78 is 5.94. The summed E-state index contributed by atoms with van der Waals surface area (Å²) >= 11 is 0. The van der Waals surface area contributed by atoms with Crippen LogP contribution in [-0.4, -0.2) is 16.7 Å². The van der Waals surface area contributed by atoms with Gasteiger partial charge in [-0.3, -0.25) is 0 Å². The van der Waals surface area contributed by atoms with Crippen molar-refractivity contribution in [2.45, 2.75) is 52.1 Å². The Balaban J connectivity index is 2.36. The van der Waals surface area contributed by atoms with Crippen molar-refractivity contribution >= 4 is 5.97 Å². The molecular weight excluding hydrogens is 228 g/mol. The van der Waals surface area contributed by atoms with Gasteiger partial charge in [-0.2, -0.15) is 0 Å². The van der Waals surface area contributed by atoms with E-state index < -0.39 is 11.6 Å². The van der Waals surface area contributed by atoms with E-state index in [2.05, 4.69) is 0 Å². The standard InChI is InChI=1S/C15H20O3/c1-10-8-11(2)13(12(3)9-10)18-15(14(16)17)6-4-5-7-15/h8-9H,4-7H2,1-3H3,(H,16,17). The van der Waals surface area contributed by atoms with Gasteiger partial charge in [0.1, 0.15) is 5.75 Å². The van der Waals surface area contributed by atoms with Crippen molar-refractivity contribution in [3.05, 3.63) is 28.8 Å². The summed E-state index contributed by atoms with van der Waals surface area (Å²) in [6.45, 7) is 5.98. The first-order valence-corrected chi connectivity index (χ1v) is 6.45. The van der Waals surface area contributed by atoms with Gasteiger partial charge in [0.25, 0.3) is 0 Å². The van der Waals surface area contributed by atoms with Gasteiger partial charge in [0.2, 0.25) is 5.60 Å². The van der Waals surface area contributed by atoms with Gasteiger partial charge < -0.3 is 9.84 Å². The molecular formula is C15H20O3. The van der Waals surface area contributed by atoms with Crippen molar-refractivity contribution in [1.29, 1.82) is 0 Å². The molecule has 18 heavy (non-hydrogen) atoms. The number of aryl methyl sites for hydroxylation is 3. The van der Waals surface area contributed by atoms with Crippen LogP contribution in [0.2, 0.25) is 0 Å². The maximum absolute atomic E-state index is 11.5. The molecule has 0 amide bonds. The minimum absolute atomic E-state index is 0.606. The fraction of sp³-hybridized carbons (Fsp3) is 0.533. The fourth-order valence-electron chi connectivity index (χ4n) is 2.83. The molecule has 0 heterocycles. The van der Waals surface area contributed by atoms with E-state index in [1.54, 1.807) is 0 Å². The fourth-order valence-corrected chi connectivity index (χ4v) is 2.83. The van der Waals surface area contributed by atoms with Crippen molar-refractivity contribution in [3.63, 3.8) is 0 Å². The minimum atomic E-state index is -1.01. The van der Waals surface area contributed by atoms with Gasteiger partial charge in [0.05, 0.1) is 0 Å². The summed E-state index contributed by atoms with van der Waals surface area (Å²) in [5.41, 5.74) is 2.19. The van der Waals surface area contributed by atoms with Crippen LogP contribution in [0.15, 0.2) is 12.1 Å². The Labute approximate surface area is 108 Å². The van der Waals surface area contributed by atoms with Crippen LogP contribution < -0.4 is 4.74 Å². The summed E-state index contributed by atoms with van der Waals surface area (Å²) in [7, 11) is 0. The second-order valence-corrected chi connectivity index (χ2v) is 5.34. The van der Waals surface area contributed by atoms with Crippen LogP contribution in [0.25, 0.3) is 0 Å². The third-order valence-corrected chi connectivity index (χ3v) is 3.70. The molecule has 1 aromatic rings. The van der Waals surface area contributed by atoms with Gasteiger partial charge in [-0.1, -0.05) is 17.7 Å². The first kappa shape index (κ1) is 12.9. The average molecular weight is 248 g/mol. The van der Waals surface area contributed by atoms with Crippen molar-refractivity contribution in [2.75, 3.05) is 0 Å². The second-order valence-electron chi connectivity index (χ2n) is 5.34. The predicted molar refractivity (Wildman–Crippen MR) is 70.1 cm³/mol. The highest BCUT2D eigenvalue weighted by Crippen LogP contribution is 2.37. The summed E-state index contributed by atoms with van der Waals surface area (Å²) in [5, 5.41) is 9.44. The lowest BCUT2D eigenvalue weighted by molar-refractivity contribution is -0.154. The van der Waals surface area contributed by atoms with Crippen LogP contribution >= 0.6 is 0 Å². The van der Waals surface area contributed by atoms with Crippen LogP contribution in [0, 0.1) is 20.8 Å². The molecule has 3 nitrogen and oxygen atoms in total. The molecule has 1 aromatic carbocycles. The zero-order valence-corrected chi connectivity index (χ0v) is 11.2. The third kappa shape index (κ3) is 2.22. The number of carbonyl (C=O) groups is 1. The summed E-state index contributed by atoms with van der Waals surface area (Å²) in [6, 6.07) is 4.07. The van der Waals surface area contributed by atoms with Crippen LogP contribution in [0.1, 0.15) is 42.4 Å². The Morgan fingerprint density at radius 1 is 1.17 bits per heavy atom. The first-order chi connectivity index (χ1) is 8.44. The maximum atomic E-state index is 11.5. The topological polar surface area (TPSA) is 46.5 Å². The molecule has 0 bridgehead atoms. The molecule has 1 fully saturated rings. The normalized spacial score (nSPS) is 17.7. The lowest BCUT2D eigenvalue weighted by atomic mass is 10.0. The Morgan fingerprint density at radius 3 is 2.11 bits per heavy atom. The lowest BCUT2D eigenvalue weighted by Gasteiger charge is -2.27. The van der Waals surface area contributed by atoms with Crippen LogP contribution in [0.5, 0.6) is 5.75 Å². The van der Waals surface area contributed by atoms with Gasteiger partial charge >= 0.3 is 5.97 Å². The molecule has 3 heteroatoms. The molecule has 1 saturated carbocycles. The molecule has 0 saturated heterocycles. The number of benzene rings is 1. The van der Waals surface area contributed by atoms with Crippen molar-refractivity contribution < 1.29 is 14.6 Å². The van der Waals surface area contributed by atoms with Crippen molar-refractivity contribution in [1.82, 2.24) is 0 Å². The van der Waals surface area contributed by atoms with Gasteiger partial charge in [-0.25, -0.2) is 4.79 Å². The molecule has 98 valence electrons. The summed E-state index contributed by atoms with van der Waals surface area (Å²) in [5.74, 6) is -0.0933. The summed E-state index contributed by atoms with van der Waals surface area (Å²) in [6.07, 6.45) is 3.07. The number of ether oxygens (including phenoxy) is 1. The van der Waals surface area contributed by atoms with Gasteiger partial charge in [0, 0.05) is 0 Å². The number of carboxylic acid groups (broad SMARTS) is 1. The molecule has 1 N–H and O–H groups in total. The third-order valence-electron chi connectivity index (χ3n) is 3.70. The van der Waals surface area contributed by atoms with Crippen LogP contribution in [-0.2, 0) is 4.79 Å². The Bertz CT molecular complexity index is 448. The highest BCUT2D eigenvalue weighted by Gasteiger charge is 2.44. The first-order valence-electron chi connectivity index (χ1n) is 6.45. The van der Waals surface area contributed by atoms with Gasteiger partial charge in [-0.15, -0.1) is 0 Å². The Hall–Kier alpha value is -1.51. The monoisotopic (exact) mass is 248 g/mol. The molecule has 0 aromatic heterocycles. The summed E-state index contributed by atoms with van der Waals surface area (Å²) in [4.78, 5) is 11.5. The molecule has 1 aliphatic carbocycles. The van der Waals surface area contributed by atoms with Crippen molar-refractivity contribution in [2.24, 2.45) is 0 Å². The van der Waals surface area contributed by atoms with E-state index in [0.29, 0.717) is 12.8 Å². The van der Waals surface area contributed by atoms with E-state index in [1.807, 2.05) is 32.9 Å². The molecule has 0 atom stereocenters. The van der Waals surface area contributed by atoms with E-state index in [1.165, 1.54) is 5.56 Å².